The normalized spacial score (nSPS) is 10.7. The molecule has 0 atom stereocenters. The summed E-state index contributed by atoms with van der Waals surface area (Å²) in [5, 5.41) is 41.6. The van der Waals surface area contributed by atoms with Gasteiger partial charge >= 0.3 is 169 Å². The molecule has 1 radical (unpaired) electrons. The second-order valence-corrected chi connectivity index (χ2v) is 17.1. The number of benzene rings is 4. The van der Waals surface area contributed by atoms with E-state index in [9.17, 15) is 39.6 Å². The molecule has 0 saturated carbocycles. The fourth-order valence-corrected chi connectivity index (χ4v) is 13.9. The molecule has 0 spiro atoms. The van der Waals surface area contributed by atoms with Crippen molar-refractivity contribution in [1.82, 2.24) is 9.80 Å². The molecule has 0 fully saturated rings. The van der Waals surface area contributed by atoms with Crippen molar-refractivity contribution in [2.24, 2.45) is 0 Å². The summed E-state index contributed by atoms with van der Waals surface area (Å²) in [6.07, 6.45) is 0. The molecule has 0 unspecified atom stereocenters. The molecule has 4 rings (SSSR count). The number of hydrogen-bond acceptors (Lipinski definition) is 10. The Morgan fingerprint density at radius 3 is 0.783 bits per heavy atom. The third-order valence-corrected chi connectivity index (χ3v) is 15.7. The van der Waals surface area contributed by atoms with Gasteiger partial charge in [-0.25, -0.2) is 0 Å². The van der Waals surface area contributed by atoms with Gasteiger partial charge in [0.25, 0.3) is 0 Å². The molecule has 0 saturated heterocycles. The van der Waals surface area contributed by atoms with Crippen molar-refractivity contribution in [3.63, 3.8) is 0 Å². The van der Waals surface area contributed by atoms with Gasteiger partial charge in [-0.05, 0) is 0 Å². The Morgan fingerprint density at radius 1 is 0.413 bits per heavy atom. The van der Waals surface area contributed by atoms with Gasteiger partial charge in [-0.15, -0.1) is 0 Å². The van der Waals surface area contributed by atoms with Crippen LogP contribution in [0.25, 0.3) is 0 Å². The van der Waals surface area contributed by atoms with Crippen LogP contribution in [0.5, 0.6) is 0 Å². The topological polar surface area (TPSA) is 167 Å². The standard InChI is InChI=1S/C24H20As.C10H16N2O8.Fe/c1-5-13-21(14-6-1)25(22-15-7-2-8-16-22,23-17-9-3-10-18-23)24-19-11-4-12-20-24;13-7(14)3-11(4-8(15)16)1-2-12(5-9(17)18)6-10(19)20;/h1-20H;1-6H2,(H,13,14)(H,15,16)(H,17,18)(H,19,20);/q+1;;+3/p-4. The average Bonchev–Trinajstić information content (AvgIpc) is 3.02. The van der Waals surface area contributed by atoms with Crippen LogP contribution in [0.2, 0.25) is 0 Å². The van der Waals surface area contributed by atoms with E-state index >= 15 is 0 Å². The van der Waals surface area contributed by atoms with Crippen molar-refractivity contribution in [3.8, 4) is 0 Å². The van der Waals surface area contributed by atoms with E-state index in [1.165, 1.54) is 17.4 Å². The number of rotatable bonds is 15. The molecule has 0 amide bonds. The summed E-state index contributed by atoms with van der Waals surface area (Å²) in [5.41, 5.74) is 0. The van der Waals surface area contributed by atoms with E-state index in [-0.39, 0.29) is 30.2 Å². The number of hydrogen-bond donors (Lipinski definition) is 0. The minimum absolute atomic E-state index is 0. The molecule has 0 heterocycles. The number of carbonyl (C=O) groups excluding carboxylic acids is 4. The van der Waals surface area contributed by atoms with Crippen LogP contribution < -0.4 is 37.8 Å². The average molecular weight is 727 g/mol. The van der Waals surface area contributed by atoms with E-state index in [2.05, 4.69) is 121 Å². The van der Waals surface area contributed by atoms with Gasteiger partial charge in [-0.2, -0.15) is 0 Å². The van der Waals surface area contributed by atoms with Gasteiger partial charge in [0, 0.05) is 39.3 Å². The Hall–Kier alpha value is -4.24. The Bertz CT molecular complexity index is 1300. The monoisotopic (exact) mass is 727 g/mol. The van der Waals surface area contributed by atoms with Crippen LogP contribution in [-0.2, 0) is 36.2 Å². The summed E-state index contributed by atoms with van der Waals surface area (Å²) < 4.78 is 5.79. The SMILES string of the molecule is O=C([O-])CN(CCN(CC(=O)[O-])CC(=O)[O-])CC(=O)[O-].[Fe+3].c1ccc([As+](c2ccccc2)(c2ccccc2)c2ccccc2)cc1. The van der Waals surface area contributed by atoms with Gasteiger partial charge in [-0.1, -0.05) is 0 Å². The first-order valence-corrected chi connectivity index (χ1v) is 17.7. The van der Waals surface area contributed by atoms with E-state index in [1.807, 2.05) is 0 Å². The van der Waals surface area contributed by atoms with Crippen molar-refractivity contribution in [2.45, 2.75) is 0 Å². The first-order valence-electron chi connectivity index (χ1n) is 14.0. The predicted octanol–water partition coefficient (Wildman–Crippen LogP) is -4.35. The number of carboxylic acid groups (broad SMARTS) is 4. The molecule has 10 nitrogen and oxygen atoms in total. The molecule has 4 aromatic rings. The van der Waals surface area contributed by atoms with Crippen molar-refractivity contribution in [3.05, 3.63) is 121 Å². The zero-order chi connectivity index (χ0) is 32.7. The summed E-state index contributed by atoms with van der Waals surface area (Å²) in [7, 11) is 0. The van der Waals surface area contributed by atoms with Gasteiger partial charge in [0.05, 0.1) is 23.9 Å². The summed E-state index contributed by atoms with van der Waals surface area (Å²) in [4.78, 5) is 43.4. The Labute approximate surface area is 280 Å². The second-order valence-electron chi connectivity index (χ2n) is 9.92. The van der Waals surface area contributed by atoms with Gasteiger partial charge < -0.3 is 39.6 Å². The molecular formula is C34H32AsFeN2O8. The van der Waals surface area contributed by atoms with Gasteiger partial charge in [0.15, 0.2) is 0 Å². The van der Waals surface area contributed by atoms with Crippen LogP contribution in [0, 0.1) is 0 Å². The number of carbonyl (C=O) groups is 4. The Kier molecular flexibility index (Phi) is 15.9. The second kappa shape index (κ2) is 19.3. The van der Waals surface area contributed by atoms with Gasteiger partial charge in [-0.3, -0.25) is 9.80 Å². The molecule has 12 heteroatoms. The van der Waals surface area contributed by atoms with Gasteiger partial charge in [0.1, 0.15) is 0 Å². The summed E-state index contributed by atoms with van der Waals surface area (Å²) in [6.45, 7) is -3.25. The van der Waals surface area contributed by atoms with Crippen LogP contribution in [0.4, 0.5) is 0 Å². The molecule has 46 heavy (non-hydrogen) atoms. The van der Waals surface area contributed by atoms with Crippen molar-refractivity contribution in [2.75, 3.05) is 39.3 Å². The first kappa shape index (κ1) is 37.9. The Morgan fingerprint density at radius 2 is 0.609 bits per heavy atom. The van der Waals surface area contributed by atoms with E-state index in [4.69, 9.17) is 0 Å². The number of aliphatic carboxylic acids is 4. The van der Waals surface area contributed by atoms with E-state index in [1.54, 1.807) is 0 Å². The van der Waals surface area contributed by atoms with Crippen molar-refractivity contribution < 1.29 is 56.7 Å². The summed E-state index contributed by atoms with van der Waals surface area (Å²) >= 11 is -2.77. The third-order valence-electron chi connectivity index (χ3n) is 6.72. The quantitative estimate of drug-likeness (QED) is 0.109. The van der Waals surface area contributed by atoms with Crippen molar-refractivity contribution in [1.29, 1.82) is 0 Å². The van der Waals surface area contributed by atoms with E-state index in [0.29, 0.717) is 0 Å². The summed E-state index contributed by atoms with van der Waals surface area (Å²) in [5.74, 6) is -6.12. The minimum atomic E-state index is -2.77. The first-order chi connectivity index (χ1) is 21.6. The molecule has 4 aromatic carbocycles. The number of nitrogens with zero attached hydrogens (tertiary/aromatic N) is 2. The molecule has 0 bridgehead atoms. The molecule has 0 N–H and O–H groups in total. The van der Waals surface area contributed by atoms with Crippen molar-refractivity contribution >= 4 is 54.8 Å². The zero-order valence-electron chi connectivity index (χ0n) is 24.8. The molecule has 0 aliphatic rings. The molecule has 0 aromatic heterocycles. The number of carboxylic acids is 4. The predicted molar refractivity (Wildman–Crippen MR) is 163 cm³/mol. The van der Waals surface area contributed by atoms with Crippen LogP contribution in [-0.4, -0.2) is 86.5 Å². The zero-order valence-corrected chi connectivity index (χ0v) is 27.7. The maximum absolute atomic E-state index is 10.4. The molecule has 0 aliphatic heterocycles. The maximum atomic E-state index is 10.4. The molecule has 239 valence electrons. The molecule has 0 aliphatic carbocycles. The van der Waals surface area contributed by atoms with Crippen LogP contribution in [0.3, 0.4) is 0 Å². The molecular weight excluding hydrogens is 695 g/mol. The summed E-state index contributed by atoms with van der Waals surface area (Å²) in [6, 6.07) is 44.2. The van der Waals surface area contributed by atoms with Crippen LogP contribution >= 0.6 is 0 Å². The fourth-order valence-electron chi connectivity index (χ4n) is 4.94. The van der Waals surface area contributed by atoms with Gasteiger partial charge in [0.2, 0.25) is 0 Å². The Balaban J connectivity index is 0.000000323. The van der Waals surface area contributed by atoms with Crippen LogP contribution in [0.1, 0.15) is 0 Å². The van der Waals surface area contributed by atoms with Crippen LogP contribution in [0.15, 0.2) is 121 Å². The third kappa shape index (κ3) is 11.3. The van der Waals surface area contributed by atoms with E-state index < -0.39 is 63.6 Å². The van der Waals surface area contributed by atoms with E-state index in [0.717, 1.165) is 9.80 Å². The fraction of sp³-hybridized carbons (Fsp3) is 0.176.